The van der Waals surface area contributed by atoms with Crippen molar-refractivity contribution in [2.24, 2.45) is 0 Å². The molecule has 1 saturated heterocycles. The average molecular weight is 317 g/mol. The van der Waals surface area contributed by atoms with Gasteiger partial charge in [0.1, 0.15) is 11.9 Å². The van der Waals surface area contributed by atoms with Gasteiger partial charge in [-0.25, -0.2) is 9.78 Å². The number of amides is 2. The van der Waals surface area contributed by atoms with Crippen molar-refractivity contribution in [2.45, 2.75) is 20.0 Å². The molecule has 3 heterocycles. The second-order valence-corrected chi connectivity index (χ2v) is 6.24. The summed E-state index contributed by atoms with van der Waals surface area (Å²) in [5.74, 6) is 0.598. The number of morpholine rings is 1. The number of rotatable bonds is 2. The number of thiophene rings is 1. The number of hydrogen-bond acceptors (Lipinski definition) is 4. The fraction of sp³-hybridized carbons (Fsp3) is 0.375. The first-order valence-electron chi connectivity index (χ1n) is 7.27. The number of carbonyl (C=O) groups is 1. The maximum Gasteiger partial charge on any atom is 0.323 e. The second-order valence-electron chi connectivity index (χ2n) is 5.46. The summed E-state index contributed by atoms with van der Waals surface area (Å²) in [7, 11) is 0. The number of ether oxygens (including phenoxy) is 1. The molecule has 1 fully saturated rings. The van der Waals surface area contributed by atoms with Crippen LogP contribution in [0.1, 0.15) is 22.9 Å². The van der Waals surface area contributed by atoms with Gasteiger partial charge in [-0.1, -0.05) is 0 Å². The first-order chi connectivity index (χ1) is 10.6. The molecule has 0 saturated carbocycles. The van der Waals surface area contributed by atoms with Crippen molar-refractivity contribution in [3.63, 3.8) is 0 Å². The Hall–Kier alpha value is -1.92. The second kappa shape index (κ2) is 6.46. The Labute approximate surface area is 133 Å². The summed E-state index contributed by atoms with van der Waals surface area (Å²) in [6, 6.07) is 5.78. The SMILES string of the molecule is Cc1cc(C)nc(NC(=O)N2CCO[C@H](c3ccsc3)C2)c1. The lowest BCUT2D eigenvalue weighted by molar-refractivity contribution is -0.0133. The van der Waals surface area contributed by atoms with E-state index in [0.717, 1.165) is 16.8 Å². The molecule has 0 aliphatic carbocycles. The summed E-state index contributed by atoms with van der Waals surface area (Å²) in [5, 5.41) is 6.97. The molecule has 1 aliphatic rings. The van der Waals surface area contributed by atoms with Crippen LogP contribution >= 0.6 is 11.3 Å². The van der Waals surface area contributed by atoms with E-state index in [-0.39, 0.29) is 12.1 Å². The molecule has 2 aromatic heterocycles. The van der Waals surface area contributed by atoms with Crippen molar-refractivity contribution in [1.29, 1.82) is 0 Å². The van der Waals surface area contributed by atoms with Crippen molar-refractivity contribution in [2.75, 3.05) is 25.0 Å². The summed E-state index contributed by atoms with van der Waals surface area (Å²) >= 11 is 1.64. The van der Waals surface area contributed by atoms with Crippen LogP contribution in [-0.2, 0) is 4.74 Å². The minimum absolute atomic E-state index is 0.0436. The van der Waals surface area contributed by atoms with Gasteiger partial charge in [-0.15, -0.1) is 0 Å². The quantitative estimate of drug-likeness (QED) is 0.924. The van der Waals surface area contributed by atoms with Crippen molar-refractivity contribution >= 4 is 23.2 Å². The predicted molar refractivity (Wildman–Crippen MR) is 87.3 cm³/mol. The minimum atomic E-state index is -0.124. The monoisotopic (exact) mass is 317 g/mol. The molecule has 1 atom stereocenters. The van der Waals surface area contributed by atoms with Gasteiger partial charge in [0.2, 0.25) is 0 Å². The summed E-state index contributed by atoms with van der Waals surface area (Å²) < 4.78 is 5.76. The molecule has 3 rings (SSSR count). The van der Waals surface area contributed by atoms with Crippen LogP contribution in [0, 0.1) is 13.8 Å². The van der Waals surface area contributed by atoms with Crippen LogP contribution < -0.4 is 5.32 Å². The smallest absolute Gasteiger partial charge is 0.323 e. The van der Waals surface area contributed by atoms with Crippen LogP contribution in [0.4, 0.5) is 10.6 Å². The summed E-state index contributed by atoms with van der Waals surface area (Å²) in [6.45, 7) is 5.62. The highest BCUT2D eigenvalue weighted by Gasteiger charge is 2.25. The molecule has 0 spiro atoms. The van der Waals surface area contributed by atoms with Crippen molar-refractivity contribution in [3.05, 3.63) is 45.8 Å². The highest BCUT2D eigenvalue weighted by atomic mass is 32.1. The van der Waals surface area contributed by atoms with E-state index in [4.69, 9.17) is 4.74 Å². The number of aryl methyl sites for hydroxylation is 2. The number of pyridine rings is 1. The van der Waals surface area contributed by atoms with Gasteiger partial charge in [0.25, 0.3) is 0 Å². The first kappa shape index (κ1) is 15.0. The molecule has 0 aromatic carbocycles. The Bertz CT molecular complexity index is 637. The van der Waals surface area contributed by atoms with Crippen molar-refractivity contribution in [1.82, 2.24) is 9.88 Å². The maximum atomic E-state index is 12.4. The van der Waals surface area contributed by atoms with E-state index in [1.165, 1.54) is 0 Å². The summed E-state index contributed by atoms with van der Waals surface area (Å²) in [6.07, 6.45) is -0.0436. The summed E-state index contributed by atoms with van der Waals surface area (Å²) in [4.78, 5) is 18.6. The molecular formula is C16H19N3O2S. The fourth-order valence-electron chi connectivity index (χ4n) is 2.59. The summed E-state index contributed by atoms with van der Waals surface area (Å²) in [5.41, 5.74) is 3.11. The zero-order valence-corrected chi connectivity index (χ0v) is 13.5. The standard InChI is InChI=1S/C16H19N3O2S/c1-11-7-12(2)17-15(8-11)18-16(20)19-4-5-21-14(9-19)13-3-6-22-10-13/h3,6-8,10,14H,4-5,9H2,1-2H3,(H,17,18,20)/t14-/m0/s1. The number of aromatic nitrogens is 1. The van der Waals surface area contributed by atoms with Crippen LogP contribution in [-0.4, -0.2) is 35.6 Å². The Morgan fingerprint density at radius 1 is 1.45 bits per heavy atom. The van der Waals surface area contributed by atoms with Gasteiger partial charge >= 0.3 is 6.03 Å². The van der Waals surface area contributed by atoms with Gasteiger partial charge in [-0.3, -0.25) is 5.32 Å². The zero-order valence-electron chi connectivity index (χ0n) is 12.7. The lowest BCUT2D eigenvalue weighted by atomic mass is 10.1. The molecule has 116 valence electrons. The third-order valence-corrected chi connectivity index (χ3v) is 4.30. The Morgan fingerprint density at radius 3 is 3.05 bits per heavy atom. The maximum absolute atomic E-state index is 12.4. The van der Waals surface area contributed by atoms with E-state index in [0.29, 0.717) is 25.5 Å². The lowest BCUT2D eigenvalue weighted by Crippen LogP contribution is -2.44. The van der Waals surface area contributed by atoms with Crippen molar-refractivity contribution in [3.8, 4) is 0 Å². The van der Waals surface area contributed by atoms with Crippen LogP contribution in [0.25, 0.3) is 0 Å². The molecule has 5 nitrogen and oxygen atoms in total. The van der Waals surface area contributed by atoms with E-state index in [1.54, 1.807) is 16.2 Å². The lowest BCUT2D eigenvalue weighted by Gasteiger charge is -2.32. The number of urea groups is 1. The van der Waals surface area contributed by atoms with Gasteiger partial charge in [0, 0.05) is 12.2 Å². The molecular weight excluding hydrogens is 298 g/mol. The molecule has 22 heavy (non-hydrogen) atoms. The van der Waals surface area contributed by atoms with E-state index in [2.05, 4.69) is 15.7 Å². The number of hydrogen-bond donors (Lipinski definition) is 1. The fourth-order valence-corrected chi connectivity index (χ4v) is 3.29. The molecule has 1 N–H and O–H groups in total. The third kappa shape index (κ3) is 3.45. The number of nitrogens with zero attached hydrogens (tertiary/aromatic N) is 2. The normalized spacial score (nSPS) is 18.3. The molecule has 0 bridgehead atoms. The average Bonchev–Trinajstić information content (AvgIpc) is 3.00. The van der Waals surface area contributed by atoms with Gasteiger partial charge in [-0.2, -0.15) is 11.3 Å². The topological polar surface area (TPSA) is 54.5 Å². The van der Waals surface area contributed by atoms with Crippen LogP contribution in [0.15, 0.2) is 29.0 Å². The van der Waals surface area contributed by atoms with Gasteiger partial charge in [0.15, 0.2) is 0 Å². The molecule has 0 radical (unpaired) electrons. The van der Waals surface area contributed by atoms with Crippen LogP contribution in [0.5, 0.6) is 0 Å². The van der Waals surface area contributed by atoms with Crippen LogP contribution in [0.3, 0.4) is 0 Å². The molecule has 6 heteroatoms. The highest BCUT2D eigenvalue weighted by molar-refractivity contribution is 7.07. The molecule has 0 unspecified atom stereocenters. The molecule has 2 aromatic rings. The molecule has 2 amide bonds. The first-order valence-corrected chi connectivity index (χ1v) is 8.21. The predicted octanol–water partition coefficient (Wildman–Crippen LogP) is 3.37. The molecule has 1 aliphatic heterocycles. The van der Waals surface area contributed by atoms with E-state index < -0.39 is 0 Å². The van der Waals surface area contributed by atoms with Gasteiger partial charge < -0.3 is 9.64 Å². The Kier molecular flexibility index (Phi) is 4.40. The zero-order chi connectivity index (χ0) is 15.5. The van der Waals surface area contributed by atoms with E-state index in [9.17, 15) is 4.79 Å². The van der Waals surface area contributed by atoms with Gasteiger partial charge in [0.05, 0.1) is 13.2 Å². The number of nitrogens with one attached hydrogen (secondary N) is 1. The number of anilines is 1. The highest BCUT2D eigenvalue weighted by Crippen LogP contribution is 2.24. The minimum Gasteiger partial charge on any atom is -0.370 e. The van der Waals surface area contributed by atoms with Gasteiger partial charge in [-0.05, 0) is 53.9 Å². The van der Waals surface area contributed by atoms with Crippen LogP contribution in [0.2, 0.25) is 0 Å². The van der Waals surface area contributed by atoms with E-state index >= 15 is 0 Å². The van der Waals surface area contributed by atoms with Crippen molar-refractivity contribution < 1.29 is 9.53 Å². The Morgan fingerprint density at radius 2 is 2.32 bits per heavy atom. The number of carbonyl (C=O) groups excluding carboxylic acids is 1. The Balaban J connectivity index is 1.66. The third-order valence-electron chi connectivity index (χ3n) is 3.60. The largest absolute Gasteiger partial charge is 0.370 e. The van der Waals surface area contributed by atoms with E-state index in [1.807, 2.05) is 37.4 Å².